The molecule has 0 spiro atoms. The molecule has 180 valence electrons. The lowest BCUT2D eigenvalue weighted by Crippen LogP contribution is -2.13. The van der Waals surface area contributed by atoms with Crippen LogP contribution in [0.15, 0.2) is 100 Å². The van der Waals surface area contributed by atoms with Gasteiger partial charge in [-0.1, -0.05) is 65.7 Å². The largest absolute Gasteiger partial charge is 0.422 e. The highest BCUT2D eigenvalue weighted by Gasteiger charge is 2.18. The molecule has 2 aromatic heterocycles. The first-order valence-corrected chi connectivity index (χ1v) is 12.8. The van der Waals surface area contributed by atoms with E-state index in [9.17, 15) is 9.59 Å². The van der Waals surface area contributed by atoms with Crippen LogP contribution in [0.25, 0.3) is 42.9 Å². The zero-order valence-electron chi connectivity index (χ0n) is 19.0. The highest BCUT2D eigenvalue weighted by Crippen LogP contribution is 2.40. The molecule has 6 aromatic rings. The van der Waals surface area contributed by atoms with Crippen molar-refractivity contribution in [2.24, 2.45) is 0 Å². The minimum absolute atomic E-state index is 0.306. The highest BCUT2D eigenvalue weighted by atomic mass is 35.5. The maximum Gasteiger partial charge on any atom is 0.344 e. The van der Waals surface area contributed by atoms with E-state index < -0.39 is 5.63 Å². The summed E-state index contributed by atoms with van der Waals surface area (Å²) in [5.74, 6) is -0.358. The molecule has 1 amide bonds. The molecule has 1 N–H and O–H groups in total. The van der Waals surface area contributed by atoms with Gasteiger partial charge in [0.1, 0.15) is 10.6 Å². The van der Waals surface area contributed by atoms with E-state index >= 15 is 0 Å². The monoisotopic (exact) mass is 542 g/mol. The minimum Gasteiger partial charge on any atom is -0.422 e. The summed E-state index contributed by atoms with van der Waals surface area (Å²) in [5.41, 5.74) is 3.47. The topological polar surface area (TPSA) is 72.2 Å². The molecule has 0 aliphatic rings. The number of amides is 1. The number of anilines is 1. The van der Waals surface area contributed by atoms with Crippen molar-refractivity contribution in [2.75, 3.05) is 5.32 Å². The van der Waals surface area contributed by atoms with Crippen LogP contribution < -0.4 is 10.9 Å². The van der Waals surface area contributed by atoms with Crippen LogP contribution in [-0.4, -0.2) is 10.9 Å². The molecule has 0 atom stereocenters. The molecular weight excluding hydrogens is 527 g/mol. The third kappa shape index (κ3) is 4.51. The lowest BCUT2D eigenvalue weighted by atomic mass is 10.0. The van der Waals surface area contributed by atoms with E-state index in [-0.39, 0.29) is 5.91 Å². The maximum atomic E-state index is 13.2. The predicted molar refractivity (Wildman–Crippen MR) is 151 cm³/mol. The van der Waals surface area contributed by atoms with Gasteiger partial charge >= 0.3 is 5.63 Å². The second-order valence-electron chi connectivity index (χ2n) is 8.31. The zero-order chi connectivity index (χ0) is 25.5. The Morgan fingerprint density at radius 2 is 1.62 bits per heavy atom. The first kappa shape index (κ1) is 23.4. The molecular formula is C29H16Cl2N2O3S. The smallest absolute Gasteiger partial charge is 0.344 e. The van der Waals surface area contributed by atoms with Gasteiger partial charge in [-0.05, 0) is 54.1 Å². The van der Waals surface area contributed by atoms with Gasteiger partial charge in [0, 0.05) is 21.5 Å². The maximum absolute atomic E-state index is 13.2. The molecule has 0 unspecified atom stereocenters. The van der Waals surface area contributed by atoms with E-state index in [1.165, 1.54) is 11.3 Å². The van der Waals surface area contributed by atoms with Crippen molar-refractivity contribution in [3.63, 3.8) is 0 Å². The summed E-state index contributed by atoms with van der Waals surface area (Å²) in [7, 11) is 0. The first-order chi connectivity index (χ1) is 18.0. The molecule has 8 heteroatoms. The van der Waals surface area contributed by atoms with Crippen LogP contribution in [0.1, 0.15) is 10.4 Å². The lowest BCUT2D eigenvalue weighted by molar-refractivity contribution is 0.102. The number of hydrogen-bond donors (Lipinski definition) is 1. The molecule has 2 heterocycles. The van der Waals surface area contributed by atoms with E-state index in [0.717, 1.165) is 15.6 Å². The molecule has 0 aliphatic carbocycles. The average Bonchev–Trinajstić information content (AvgIpc) is 3.34. The molecule has 0 aliphatic heterocycles. The SMILES string of the molecule is O=C(Nc1c(Cl)cc(Cl)cc1-c1nc2ccccc2s1)c1ccc(-c2cc3ccccc3oc2=O)cc1. The predicted octanol–water partition coefficient (Wildman–Crippen LogP) is 8.30. The number of nitrogens with zero attached hydrogens (tertiary/aromatic N) is 1. The fourth-order valence-corrected chi connectivity index (χ4v) is 5.64. The van der Waals surface area contributed by atoms with Crippen LogP contribution in [0, 0.1) is 0 Å². The number of nitrogens with one attached hydrogen (secondary N) is 1. The molecule has 0 fully saturated rings. The van der Waals surface area contributed by atoms with E-state index in [4.69, 9.17) is 32.6 Å². The Kier molecular flexibility index (Phi) is 6.00. The van der Waals surface area contributed by atoms with Gasteiger partial charge < -0.3 is 9.73 Å². The highest BCUT2D eigenvalue weighted by molar-refractivity contribution is 7.21. The van der Waals surface area contributed by atoms with Crippen molar-refractivity contribution in [2.45, 2.75) is 0 Å². The van der Waals surface area contributed by atoms with Crippen molar-refractivity contribution in [3.8, 4) is 21.7 Å². The first-order valence-electron chi connectivity index (χ1n) is 11.3. The van der Waals surface area contributed by atoms with Crippen molar-refractivity contribution in [3.05, 3.63) is 117 Å². The Bertz CT molecular complexity index is 1840. The van der Waals surface area contributed by atoms with Gasteiger partial charge in [0.05, 0.1) is 26.5 Å². The van der Waals surface area contributed by atoms with Crippen molar-refractivity contribution in [1.82, 2.24) is 4.98 Å². The third-order valence-corrected chi connectivity index (χ3v) is 7.50. The van der Waals surface area contributed by atoms with Gasteiger partial charge in [0.15, 0.2) is 0 Å². The van der Waals surface area contributed by atoms with Crippen molar-refractivity contribution < 1.29 is 9.21 Å². The number of hydrogen-bond acceptors (Lipinski definition) is 5. The lowest BCUT2D eigenvalue weighted by Gasteiger charge is -2.13. The average molecular weight is 543 g/mol. The Labute approximate surface area is 224 Å². The third-order valence-electron chi connectivity index (χ3n) is 5.92. The number of halogens is 2. The second-order valence-corrected chi connectivity index (χ2v) is 10.2. The van der Waals surface area contributed by atoms with Gasteiger partial charge in [-0.25, -0.2) is 9.78 Å². The summed E-state index contributed by atoms with van der Waals surface area (Å²) in [4.78, 5) is 30.4. The summed E-state index contributed by atoms with van der Waals surface area (Å²) >= 11 is 14.3. The molecule has 37 heavy (non-hydrogen) atoms. The van der Waals surface area contributed by atoms with Crippen molar-refractivity contribution in [1.29, 1.82) is 0 Å². The fourth-order valence-electron chi connectivity index (χ4n) is 4.11. The number of para-hydroxylation sites is 2. The summed E-state index contributed by atoms with van der Waals surface area (Å²) in [5, 5.41) is 5.18. The number of rotatable bonds is 4. The second kappa shape index (κ2) is 9.48. The van der Waals surface area contributed by atoms with Gasteiger partial charge in [-0.3, -0.25) is 4.79 Å². The Hall–Kier alpha value is -3.97. The molecule has 6 rings (SSSR count). The van der Waals surface area contributed by atoms with Gasteiger partial charge in [-0.2, -0.15) is 0 Å². The fraction of sp³-hybridized carbons (Fsp3) is 0. The van der Waals surface area contributed by atoms with Gasteiger partial charge in [0.2, 0.25) is 0 Å². The molecule has 4 aromatic carbocycles. The number of carbonyl (C=O) groups excluding carboxylic acids is 1. The number of thiazole rings is 1. The van der Waals surface area contributed by atoms with Crippen LogP contribution >= 0.6 is 34.5 Å². The van der Waals surface area contributed by atoms with E-state index in [2.05, 4.69) is 5.32 Å². The normalized spacial score (nSPS) is 11.2. The van der Waals surface area contributed by atoms with Crippen LogP contribution in [0.3, 0.4) is 0 Å². The molecule has 5 nitrogen and oxygen atoms in total. The Balaban J connectivity index is 1.32. The van der Waals surface area contributed by atoms with Gasteiger partial charge in [-0.15, -0.1) is 11.3 Å². The number of aromatic nitrogens is 1. The summed E-state index contributed by atoms with van der Waals surface area (Å²) in [6.07, 6.45) is 0. The number of fused-ring (bicyclic) bond motifs is 2. The molecule has 0 saturated carbocycles. The Morgan fingerprint density at radius 3 is 2.43 bits per heavy atom. The van der Waals surface area contributed by atoms with E-state index in [1.54, 1.807) is 48.5 Å². The molecule has 0 bridgehead atoms. The quantitative estimate of drug-likeness (QED) is 0.227. The summed E-state index contributed by atoms with van der Waals surface area (Å²) < 4.78 is 6.45. The zero-order valence-corrected chi connectivity index (χ0v) is 21.3. The van der Waals surface area contributed by atoms with E-state index in [1.807, 2.05) is 42.5 Å². The molecule has 0 radical (unpaired) electrons. The van der Waals surface area contributed by atoms with Crippen LogP contribution in [0.5, 0.6) is 0 Å². The van der Waals surface area contributed by atoms with E-state index in [0.29, 0.717) is 48.6 Å². The Morgan fingerprint density at radius 1 is 0.865 bits per heavy atom. The summed E-state index contributed by atoms with van der Waals surface area (Å²) in [6, 6.07) is 26.9. The minimum atomic E-state index is -0.440. The standard InChI is InChI=1S/C29H16Cl2N2O3S/c30-19-14-21(28-32-23-6-2-4-8-25(23)37-28)26(22(31)15-19)33-27(34)17-11-9-16(10-12-17)20-13-18-5-1-3-7-24(18)36-29(20)35/h1-15H,(H,33,34). The molecule has 0 saturated heterocycles. The van der Waals surface area contributed by atoms with Gasteiger partial charge in [0.25, 0.3) is 5.91 Å². The number of carbonyl (C=O) groups is 1. The van der Waals surface area contributed by atoms with Crippen LogP contribution in [0.2, 0.25) is 10.0 Å². The summed E-state index contributed by atoms with van der Waals surface area (Å²) in [6.45, 7) is 0. The van der Waals surface area contributed by atoms with Crippen molar-refractivity contribution >= 4 is 67.3 Å². The number of benzene rings is 4. The van der Waals surface area contributed by atoms with Crippen LogP contribution in [-0.2, 0) is 0 Å². The van der Waals surface area contributed by atoms with Crippen LogP contribution in [0.4, 0.5) is 5.69 Å².